The highest BCUT2D eigenvalue weighted by Gasteiger charge is 2.49. The van der Waals surface area contributed by atoms with E-state index in [9.17, 15) is 9.59 Å². The predicted octanol–water partition coefficient (Wildman–Crippen LogP) is 2.70. The number of esters is 2. The number of hydrogen-bond donors (Lipinski definition) is 0. The molecular formula is C14H24O4. The normalized spacial score (nSPS) is 17.8. The summed E-state index contributed by atoms with van der Waals surface area (Å²) in [5.41, 5.74) is -0.251. The van der Waals surface area contributed by atoms with E-state index in [4.69, 9.17) is 9.47 Å². The molecule has 1 aliphatic rings. The van der Waals surface area contributed by atoms with Crippen LogP contribution in [0.1, 0.15) is 52.9 Å². The number of carbonyl (C=O) groups excluding carboxylic acids is 2. The summed E-state index contributed by atoms with van der Waals surface area (Å²) in [6.07, 6.45) is 4.78. The fourth-order valence-corrected chi connectivity index (χ4v) is 2.97. The first-order valence-electron chi connectivity index (χ1n) is 6.94. The van der Waals surface area contributed by atoms with Crippen LogP contribution in [0.15, 0.2) is 0 Å². The maximum atomic E-state index is 12.1. The summed E-state index contributed by atoms with van der Waals surface area (Å²) in [5, 5.41) is 0. The van der Waals surface area contributed by atoms with Gasteiger partial charge in [0.2, 0.25) is 0 Å². The second-order valence-corrected chi connectivity index (χ2v) is 4.86. The van der Waals surface area contributed by atoms with E-state index in [2.05, 4.69) is 0 Å². The van der Waals surface area contributed by atoms with Crippen LogP contribution in [0.4, 0.5) is 0 Å². The molecule has 0 amide bonds. The summed E-state index contributed by atoms with van der Waals surface area (Å²) in [5.74, 6) is -1.58. The molecular weight excluding hydrogens is 232 g/mol. The smallest absolute Gasteiger partial charge is 0.320 e. The van der Waals surface area contributed by atoms with Crippen LogP contribution >= 0.6 is 0 Å². The minimum atomic E-state index is -0.745. The van der Waals surface area contributed by atoms with E-state index in [1.54, 1.807) is 13.8 Å². The minimum Gasteiger partial charge on any atom is -0.465 e. The summed E-state index contributed by atoms with van der Waals surface area (Å²) in [6.45, 7) is 6.15. The molecule has 0 spiro atoms. The third kappa shape index (κ3) is 3.03. The van der Waals surface area contributed by atoms with Gasteiger partial charge in [0.05, 0.1) is 13.2 Å². The van der Waals surface area contributed by atoms with Gasteiger partial charge >= 0.3 is 11.9 Å². The lowest BCUT2D eigenvalue weighted by molar-refractivity contribution is -0.168. The fourth-order valence-electron chi connectivity index (χ4n) is 2.97. The van der Waals surface area contributed by atoms with Crippen LogP contribution in [-0.2, 0) is 19.1 Å². The van der Waals surface area contributed by atoms with Crippen molar-refractivity contribution in [2.45, 2.75) is 52.9 Å². The Morgan fingerprint density at radius 2 is 1.44 bits per heavy atom. The van der Waals surface area contributed by atoms with Gasteiger partial charge in [-0.15, -0.1) is 0 Å². The summed E-state index contributed by atoms with van der Waals surface area (Å²) >= 11 is 0. The van der Waals surface area contributed by atoms with Gasteiger partial charge in [-0.1, -0.05) is 19.8 Å². The lowest BCUT2D eigenvalue weighted by Crippen LogP contribution is -2.41. The summed E-state index contributed by atoms with van der Waals surface area (Å²) in [4.78, 5) is 24.2. The van der Waals surface area contributed by atoms with Crippen molar-refractivity contribution in [1.29, 1.82) is 0 Å². The zero-order valence-corrected chi connectivity index (χ0v) is 11.7. The van der Waals surface area contributed by atoms with Gasteiger partial charge in [0, 0.05) is 0 Å². The quantitative estimate of drug-likeness (QED) is 0.541. The predicted molar refractivity (Wildman–Crippen MR) is 67.9 cm³/mol. The molecule has 0 aromatic carbocycles. The topological polar surface area (TPSA) is 52.6 Å². The van der Waals surface area contributed by atoms with Crippen LogP contribution in [-0.4, -0.2) is 25.2 Å². The van der Waals surface area contributed by atoms with E-state index in [0.717, 1.165) is 32.1 Å². The number of hydrogen-bond acceptors (Lipinski definition) is 4. The Balaban J connectivity index is 2.94. The molecule has 1 rings (SSSR count). The SMILES string of the molecule is CCOC(=O)C(C(=O)OCC)C1(CC)CCCC1. The molecule has 0 unspecified atom stereocenters. The summed E-state index contributed by atoms with van der Waals surface area (Å²) < 4.78 is 10.1. The molecule has 0 atom stereocenters. The van der Waals surface area contributed by atoms with E-state index < -0.39 is 17.9 Å². The zero-order chi connectivity index (χ0) is 13.6. The van der Waals surface area contributed by atoms with Gasteiger partial charge in [0.15, 0.2) is 5.92 Å². The highest BCUT2D eigenvalue weighted by Crippen LogP contribution is 2.48. The van der Waals surface area contributed by atoms with Crippen molar-refractivity contribution in [1.82, 2.24) is 0 Å². The monoisotopic (exact) mass is 256 g/mol. The molecule has 1 saturated carbocycles. The molecule has 104 valence electrons. The fraction of sp³-hybridized carbons (Fsp3) is 0.857. The van der Waals surface area contributed by atoms with Crippen molar-refractivity contribution in [2.24, 2.45) is 11.3 Å². The molecule has 0 heterocycles. The Kier molecular flexibility index (Phi) is 5.63. The van der Waals surface area contributed by atoms with E-state index >= 15 is 0 Å². The third-order valence-electron chi connectivity index (χ3n) is 3.96. The second kappa shape index (κ2) is 6.76. The van der Waals surface area contributed by atoms with Crippen LogP contribution in [0.2, 0.25) is 0 Å². The number of ether oxygens (including phenoxy) is 2. The number of carbonyl (C=O) groups is 2. The maximum absolute atomic E-state index is 12.1. The van der Waals surface area contributed by atoms with E-state index in [1.807, 2.05) is 6.92 Å². The molecule has 0 aromatic rings. The Morgan fingerprint density at radius 1 is 1.00 bits per heavy atom. The Hall–Kier alpha value is -1.06. The Labute approximate surface area is 109 Å². The van der Waals surface area contributed by atoms with Gasteiger partial charge in [-0.25, -0.2) is 0 Å². The molecule has 1 aliphatic carbocycles. The Bertz CT molecular complexity index is 274. The first-order valence-corrected chi connectivity index (χ1v) is 6.94. The van der Waals surface area contributed by atoms with Crippen molar-refractivity contribution in [3.8, 4) is 0 Å². The van der Waals surface area contributed by atoms with E-state index in [0.29, 0.717) is 13.2 Å². The van der Waals surface area contributed by atoms with Crippen molar-refractivity contribution in [3.63, 3.8) is 0 Å². The molecule has 0 saturated heterocycles. The van der Waals surface area contributed by atoms with Gasteiger partial charge in [-0.05, 0) is 38.5 Å². The molecule has 0 bridgehead atoms. The number of rotatable bonds is 6. The molecule has 1 fully saturated rings. The zero-order valence-electron chi connectivity index (χ0n) is 11.7. The van der Waals surface area contributed by atoms with Crippen molar-refractivity contribution >= 4 is 11.9 Å². The van der Waals surface area contributed by atoms with Crippen molar-refractivity contribution in [2.75, 3.05) is 13.2 Å². The lowest BCUT2D eigenvalue weighted by atomic mass is 9.71. The van der Waals surface area contributed by atoms with Crippen LogP contribution in [0.25, 0.3) is 0 Å². The van der Waals surface area contributed by atoms with Gasteiger partial charge in [0.1, 0.15) is 0 Å². The maximum Gasteiger partial charge on any atom is 0.320 e. The largest absolute Gasteiger partial charge is 0.465 e. The molecule has 4 nitrogen and oxygen atoms in total. The van der Waals surface area contributed by atoms with Crippen molar-refractivity contribution in [3.05, 3.63) is 0 Å². The average molecular weight is 256 g/mol. The van der Waals surface area contributed by atoms with Gasteiger partial charge in [0.25, 0.3) is 0 Å². The summed E-state index contributed by atoms with van der Waals surface area (Å²) in [6, 6.07) is 0. The van der Waals surface area contributed by atoms with Crippen LogP contribution in [0.5, 0.6) is 0 Å². The van der Waals surface area contributed by atoms with Gasteiger partial charge < -0.3 is 9.47 Å². The highest BCUT2D eigenvalue weighted by atomic mass is 16.6. The lowest BCUT2D eigenvalue weighted by Gasteiger charge is -2.33. The van der Waals surface area contributed by atoms with Crippen LogP contribution in [0, 0.1) is 11.3 Å². The minimum absolute atomic E-state index is 0.251. The Morgan fingerprint density at radius 3 is 1.78 bits per heavy atom. The third-order valence-corrected chi connectivity index (χ3v) is 3.96. The van der Waals surface area contributed by atoms with Gasteiger partial charge in [-0.2, -0.15) is 0 Å². The van der Waals surface area contributed by atoms with Crippen LogP contribution in [0.3, 0.4) is 0 Å². The molecule has 0 N–H and O–H groups in total. The summed E-state index contributed by atoms with van der Waals surface area (Å²) in [7, 11) is 0. The van der Waals surface area contributed by atoms with E-state index in [1.165, 1.54) is 0 Å². The molecule has 0 aliphatic heterocycles. The average Bonchev–Trinajstić information content (AvgIpc) is 2.80. The molecule has 18 heavy (non-hydrogen) atoms. The molecule has 0 radical (unpaired) electrons. The molecule has 0 aromatic heterocycles. The van der Waals surface area contributed by atoms with Crippen LogP contribution < -0.4 is 0 Å². The highest BCUT2D eigenvalue weighted by molar-refractivity contribution is 5.96. The van der Waals surface area contributed by atoms with Crippen molar-refractivity contribution < 1.29 is 19.1 Å². The first-order chi connectivity index (χ1) is 8.61. The molecule has 4 heteroatoms. The first kappa shape index (κ1) is 15.0. The van der Waals surface area contributed by atoms with Gasteiger partial charge in [-0.3, -0.25) is 9.59 Å². The standard InChI is InChI=1S/C14H24O4/c1-4-14(9-7-8-10-14)11(12(15)17-5-2)13(16)18-6-3/h11H,4-10H2,1-3H3. The second-order valence-electron chi connectivity index (χ2n) is 4.86. The van der Waals surface area contributed by atoms with E-state index in [-0.39, 0.29) is 5.41 Å².